The van der Waals surface area contributed by atoms with Crippen LogP contribution in [0.3, 0.4) is 0 Å². The quantitative estimate of drug-likeness (QED) is 0.692. The van der Waals surface area contributed by atoms with Crippen LogP contribution in [0.15, 0.2) is 88.8 Å². The Labute approximate surface area is 182 Å². The maximum atomic E-state index is 6.41. The first kappa shape index (κ1) is 19.4. The minimum Gasteiger partial charge on any atom is -0.497 e. The number of nitrogens with two attached hydrogens (primary N) is 1. The number of guanidine groups is 1. The highest BCUT2D eigenvalue weighted by atomic mass is 16.5. The summed E-state index contributed by atoms with van der Waals surface area (Å²) in [6, 6.07) is 27.2. The Hall–Kier alpha value is -3.60. The van der Waals surface area contributed by atoms with Crippen LogP contribution < -0.4 is 10.5 Å². The summed E-state index contributed by atoms with van der Waals surface area (Å²) in [5, 5.41) is 0. The van der Waals surface area contributed by atoms with Gasteiger partial charge in [-0.05, 0) is 47.2 Å². The fourth-order valence-corrected chi connectivity index (χ4v) is 4.54. The molecular weight excluding hydrogens is 384 g/mol. The van der Waals surface area contributed by atoms with Crippen LogP contribution in [0.25, 0.3) is 0 Å². The molecule has 3 aromatic rings. The van der Waals surface area contributed by atoms with Gasteiger partial charge in [0, 0.05) is 13.1 Å². The van der Waals surface area contributed by atoms with Crippen LogP contribution in [0, 0.1) is 0 Å². The number of benzene rings is 3. The Balaban J connectivity index is 1.60. The number of ether oxygens (including phenoxy) is 1. The summed E-state index contributed by atoms with van der Waals surface area (Å²) >= 11 is 0. The minimum absolute atomic E-state index is 0.544. The predicted molar refractivity (Wildman–Crippen MR) is 125 cm³/mol. The molecule has 0 amide bonds. The van der Waals surface area contributed by atoms with E-state index in [4.69, 9.17) is 20.5 Å². The van der Waals surface area contributed by atoms with E-state index in [1.165, 1.54) is 11.1 Å². The Kier molecular flexibility index (Phi) is 4.94. The molecule has 0 aliphatic carbocycles. The molecule has 2 N–H and O–H groups in total. The Morgan fingerprint density at radius 1 is 0.935 bits per heavy atom. The SMILES string of the molecule is COc1ccc(Cc2cccc(C3(c4ccccc4)N=C(N)N4CCCN=C43)c2)cc1. The molecule has 0 saturated heterocycles. The van der Waals surface area contributed by atoms with Crippen molar-refractivity contribution >= 4 is 11.8 Å². The molecule has 0 aromatic heterocycles. The normalized spacial score (nSPS) is 20.1. The molecule has 0 saturated carbocycles. The van der Waals surface area contributed by atoms with Gasteiger partial charge in [-0.1, -0.05) is 66.7 Å². The van der Waals surface area contributed by atoms with E-state index in [9.17, 15) is 0 Å². The maximum Gasteiger partial charge on any atom is 0.198 e. The monoisotopic (exact) mass is 410 g/mol. The van der Waals surface area contributed by atoms with Crippen molar-refractivity contribution in [2.75, 3.05) is 20.2 Å². The lowest BCUT2D eigenvalue weighted by Crippen LogP contribution is -2.46. The van der Waals surface area contributed by atoms with Crippen LogP contribution >= 0.6 is 0 Å². The van der Waals surface area contributed by atoms with Crippen LogP contribution in [0.1, 0.15) is 28.7 Å². The number of aliphatic imine (C=N–C) groups is 2. The standard InChI is InChI=1S/C26H26N4O/c1-31-23-13-11-19(12-14-23)17-20-7-5-10-22(18-20)26(21-8-3-2-4-9-21)24-28-15-6-16-30(24)25(27)29-26/h2-5,7-14,18H,6,15-17H2,1H3,(H2,27,29). The van der Waals surface area contributed by atoms with E-state index in [2.05, 4.69) is 65.6 Å². The van der Waals surface area contributed by atoms with Crippen molar-refractivity contribution < 1.29 is 4.74 Å². The van der Waals surface area contributed by atoms with Gasteiger partial charge in [0.1, 0.15) is 11.6 Å². The molecule has 0 bridgehead atoms. The van der Waals surface area contributed by atoms with Gasteiger partial charge in [0.05, 0.1) is 7.11 Å². The highest BCUT2D eigenvalue weighted by Gasteiger charge is 2.49. The molecule has 2 aliphatic heterocycles. The summed E-state index contributed by atoms with van der Waals surface area (Å²) < 4.78 is 5.28. The molecule has 1 unspecified atom stereocenters. The lowest BCUT2D eigenvalue weighted by Gasteiger charge is -2.33. The number of nitrogens with zero attached hydrogens (tertiary/aromatic N) is 3. The van der Waals surface area contributed by atoms with Crippen LogP contribution in [0.2, 0.25) is 0 Å². The van der Waals surface area contributed by atoms with Gasteiger partial charge in [0.15, 0.2) is 11.5 Å². The summed E-state index contributed by atoms with van der Waals surface area (Å²) in [4.78, 5) is 12.0. The smallest absolute Gasteiger partial charge is 0.198 e. The zero-order chi connectivity index (χ0) is 21.3. The molecule has 156 valence electrons. The number of hydrogen-bond acceptors (Lipinski definition) is 5. The lowest BCUT2D eigenvalue weighted by atomic mass is 9.81. The summed E-state index contributed by atoms with van der Waals surface area (Å²) in [7, 11) is 1.69. The maximum absolute atomic E-state index is 6.41. The third-order valence-electron chi connectivity index (χ3n) is 6.04. The predicted octanol–water partition coefficient (Wildman–Crippen LogP) is 3.96. The second-order valence-electron chi connectivity index (χ2n) is 7.98. The van der Waals surface area contributed by atoms with E-state index >= 15 is 0 Å². The third-order valence-corrected chi connectivity index (χ3v) is 6.04. The first-order chi connectivity index (χ1) is 15.2. The first-order valence-corrected chi connectivity index (χ1v) is 10.7. The van der Waals surface area contributed by atoms with Crippen LogP contribution in [0.4, 0.5) is 0 Å². The average molecular weight is 411 g/mol. The van der Waals surface area contributed by atoms with E-state index < -0.39 is 5.54 Å². The molecule has 31 heavy (non-hydrogen) atoms. The second kappa shape index (κ2) is 7.91. The third kappa shape index (κ3) is 3.36. The van der Waals surface area contributed by atoms with Gasteiger partial charge in [-0.3, -0.25) is 9.89 Å². The summed E-state index contributed by atoms with van der Waals surface area (Å²) in [5.41, 5.74) is 10.3. The fraction of sp³-hybridized carbons (Fsp3) is 0.231. The van der Waals surface area contributed by atoms with Gasteiger partial charge in [-0.25, -0.2) is 4.99 Å². The van der Waals surface area contributed by atoms with Crippen molar-refractivity contribution in [1.82, 2.24) is 4.90 Å². The van der Waals surface area contributed by atoms with Crippen molar-refractivity contribution in [3.63, 3.8) is 0 Å². The molecule has 0 radical (unpaired) electrons. The zero-order valence-corrected chi connectivity index (χ0v) is 17.7. The van der Waals surface area contributed by atoms with Gasteiger partial charge in [-0.2, -0.15) is 0 Å². The van der Waals surface area contributed by atoms with Crippen molar-refractivity contribution in [3.8, 4) is 5.75 Å². The van der Waals surface area contributed by atoms with Crippen molar-refractivity contribution in [2.45, 2.75) is 18.4 Å². The van der Waals surface area contributed by atoms with Crippen LogP contribution in [0.5, 0.6) is 5.75 Å². The van der Waals surface area contributed by atoms with Gasteiger partial charge in [-0.15, -0.1) is 0 Å². The molecule has 0 fully saturated rings. The molecule has 5 heteroatoms. The number of rotatable bonds is 5. The van der Waals surface area contributed by atoms with Crippen LogP contribution in [-0.4, -0.2) is 36.9 Å². The molecule has 0 spiro atoms. The Morgan fingerprint density at radius 2 is 1.71 bits per heavy atom. The van der Waals surface area contributed by atoms with Gasteiger partial charge < -0.3 is 10.5 Å². The zero-order valence-electron chi connectivity index (χ0n) is 17.7. The Morgan fingerprint density at radius 3 is 2.48 bits per heavy atom. The average Bonchev–Trinajstić information content (AvgIpc) is 3.14. The van der Waals surface area contributed by atoms with E-state index in [0.29, 0.717) is 5.96 Å². The van der Waals surface area contributed by atoms with Gasteiger partial charge >= 0.3 is 0 Å². The van der Waals surface area contributed by atoms with Crippen molar-refractivity contribution in [2.24, 2.45) is 15.7 Å². The molecule has 1 atom stereocenters. The van der Waals surface area contributed by atoms with E-state index in [-0.39, 0.29) is 0 Å². The minimum atomic E-state index is -0.707. The molecule has 5 rings (SSSR count). The number of hydrogen-bond donors (Lipinski definition) is 1. The highest BCUT2D eigenvalue weighted by molar-refractivity contribution is 6.12. The van der Waals surface area contributed by atoms with Gasteiger partial charge in [0.25, 0.3) is 0 Å². The largest absolute Gasteiger partial charge is 0.497 e. The van der Waals surface area contributed by atoms with Gasteiger partial charge in [0.2, 0.25) is 0 Å². The molecule has 3 aromatic carbocycles. The van der Waals surface area contributed by atoms with E-state index in [1.54, 1.807) is 7.11 Å². The highest BCUT2D eigenvalue weighted by Crippen LogP contribution is 2.41. The number of amidine groups is 1. The van der Waals surface area contributed by atoms with Crippen molar-refractivity contribution in [3.05, 3.63) is 101 Å². The van der Waals surface area contributed by atoms with Crippen LogP contribution in [-0.2, 0) is 12.0 Å². The Bertz CT molecular complexity index is 1140. The summed E-state index contributed by atoms with van der Waals surface area (Å²) in [6.45, 7) is 1.66. The number of fused-ring (bicyclic) bond motifs is 1. The molecule has 5 nitrogen and oxygen atoms in total. The molecular formula is C26H26N4O. The van der Waals surface area contributed by atoms with E-state index in [0.717, 1.165) is 48.6 Å². The molecule has 2 heterocycles. The fourth-order valence-electron chi connectivity index (χ4n) is 4.54. The summed E-state index contributed by atoms with van der Waals surface area (Å²) in [6.07, 6.45) is 1.82. The molecule has 2 aliphatic rings. The number of methoxy groups -OCH3 is 1. The summed E-state index contributed by atoms with van der Waals surface area (Å²) in [5.74, 6) is 2.35. The van der Waals surface area contributed by atoms with Crippen molar-refractivity contribution in [1.29, 1.82) is 0 Å². The topological polar surface area (TPSA) is 63.2 Å². The first-order valence-electron chi connectivity index (χ1n) is 10.7. The second-order valence-corrected chi connectivity index (χ2v) is 7.98. The van der Waals surface area contributed by atoms with E-state index in [1.807, 2.05) is 18.2 Å². The lowest BCUT2D eigenvalue weighted by molar-refractivity contribution is 0.414.